The first-order valence-electron chi connectivity index (χ1n) is 16.1. The van der Waals surface area contributed by atoms with E-state index in [9.17, 15) is 14.7 Å². The maximum atomic E-state index is 12.1. The summed E-state index contributed by atoms with van der Waals surface area (Å²) in [5.41, 5.74) is 0. The van der Waals surface area contributed by atoms with E-state index < -0.39 is 12.1 Å². The van der Waals surface area contributed by atoms with Crippen LogP contribution in [0.4, 0.5) is 0 Å². The number of carbonyl (C=O) groups is 2. The number of unbranched alkanes of at least 4 members (excludes halogenated alkanes) is 19. The predicted molar refractivity (Wildman–Crippen MR) is 159 cm³/mol. The third-order valence-corrected chi connectivity index (χ3v) is 7.09. The van der Waals surface area contributed by atoms with Crippen LogP contribution in [0.3, 0.4) is 0 Å². The molecule has 224 valence electrons. The number of allylic oxidation sites excluding steroid dienone is 2. The zero-order valence-electron chi connectivity index (χ0n) is 25.8. The molecule has 1 atom stereocenters. The van der Waals surface area contributed by atoms with Gasteiger partial charge in [-0.3, -0.25) is 4.79 Å². The zero-order chi connectivity index (χ0) is 28.3. The molecule has 0 aliphatic carbocycles. The minimum atomic E-state index is -1.17. The summed E-state index contributed by atoms with van der Waals surface area (Å²) in [6.45, 7) is 2.74. The average molecular weight is 538 g/mol. The van der Waals surface area contributed by atoms with Crippen LogP contribution in [0.5, 0.6) is 0 Å². The van der Waals surface area contributed by atoms with E-state index in [1.54, 1.807) is 0 Å². The van der Waals surface area contributed by atoms with Gasteiger partial charge in [-0.2, -0.15) is 0 Å². The van der Waals surface area contributed by atoms with Crippen molar-refractivity contribution in [2.45, 2.75) is 161 Å². The van der Waals surface area contributed by atoms with Gasteiger partial charge in [0.05, 0.1) is 21.1 Å². The van der Waals surface area contributed by atoms with Crippen LogP contribution in [-0.4, -0.2) is 50.2 Å². The Kier molecular flexibility index (Phi) is 25.0. The lowest BCUT2D eigenvalue weighted by Crippen LogP contribution is -2.45. The lowest BCUT2D eigenvalue weighted by molar-refractivity contribution is -0.873. The smallest absolute Gasteiger partial charge is 0.306 e. The Balaban J connectivity index is 3.42. The molecule has 0 aromatic rings. The summed E-state index contributed by atoms with van der Waals surface area (Å²) in [4.78, 5) is 23.0. The molecule has 0 amide bonds. The third kappa shape index (κ3) is 29.2. The molecule has 0 saturated carbocycles. The number of quaternary nitrogens is 1. The van der Waals surface area contributed by atoms with Crippen LogP contribution in [0, 0.1) is 0 Å². The molecule has 0 aromatic heterocycles. The van der Waals surface area contributed by atoms with Crippen LogP contribution in [0.2, 0.25) is 0 Å². The van der Waals surface area contributed by atoms with Crippen molar-refractivity contribution in [1.29, 1.82) is 0 Å². The highest BCUT2D eigenvalue weighted by molar-refractivity contribution is 5.70. The van der Waals surface area contributed by atoms with Gasteiger partial charge in [0.25, 0.3) is 0 Å². The van der Waals surface area contributed by atoms with Gasteiger partial charge < -0.3 is 19.1 Å². The van der Waals surface area contributed by atoms with Crippen LogP contribution in [0.1, 0.15) is 155 Å². The Morgan fingerprint density at radius 3 is 1.45 bits per heavy atom. The van der Waals surface area contributed by atoms with Crippen LogP contribution in [0.15, 0.2) is 12.2 Å². The Hall–Kier alpha value is -1.36. The van der Waals surface area contributed by atoms with Gasteiger partial charge in [0.15, 0.2) is 6.10 Å². The number of ether oxygens (including phenoxy) is 1. The van der Waals surface area contributed by atoms with Crippen molar-refractivity contribution in [3.05, 3.63) is 12.2 Å². The van der Waals surface area contributed by atoms with Crippen molar-refractivity contribution < 1.29 is 23.9 Å². The normalized spacial score (nSPS) is 12.7. The van der Waals surface area contributed by atoms with E-state index >= 15 is 0 Å². The van der Waals surface area contributed by atoms with Gasteiger partial charge in [0, 0.05) is 18.8 Å². The summed E-state index contributed by atoms with van der Waals surface area (Å²) in [7, 11) is 5.86. The van der Waals surface area contributed by atoms with E-state index in [-0.39, 0.29) is 12.4 Å². The summed E-state index contributed by atoms with van der Waals surface area (Å²) >= 11 is 0. The van der Waals surface area contributed by atoms with Crippen molar-refractivity contribution in [3.8, 4) is 0 Å². The molecule has 38 heavy (non-hydrogen) atoms. The third-order valence-electron chi connectivity index (χ3n) is 7.09. The van der Waals surface area contributed by atoms with Gasteiger partial charge in [-0.25, -0.2) is 0 Å². The highest BCUT2D eigenvalue weighted by Gasteiger charge is 2.22. The van der Waals surface area contributed by atoms with Crippen molar-refractivity contribution in [2.75, 3.05) is 27.7 Å². The van der Waals surface area contributed by atoms with Gasteiger partial charge in [0.2, 0.25) is 0 Å². The highest BCUT2D eigenvalue weighted by Crippen LogP contribution is 2.14. The van der Waals surface area contributed by atoms with Crippen LogP contribution in [0.25, 0.3) is 0 Å². The maximum absolute atomic E-state index is 12.1. The number of likely N-dealkylation sites (N-methyl/N-ethyl adjacent to an activating group) is 1. The monoisotopic (exact) mass is 537 g/mol. The van der Waals surface area contributed by atoms with Gasteiger partial charge in [-0.1, -0.05) is 122 Å². The molecular weight excluding hydrogens is 474 g/mol. The van der Waals surface area contributed by atoms with E-state index in [1.165, 1.54) is 116 Å². The molecule has 0 spiro atoms. The van der Waals surface area contributed by atoms with Crippen LogP contribution in [-0.2, 0) is 14.3 Å². The van der Waals surface area contributed by atoms with E-state index in [1.807, 2.05) is 21.1 Å². The fraction of sp³-hybridized carbons (Fsp3) is 0.879. The van der Waals surface area contributed by atoms with E-state index in [4.69, 9.17) is 4.74 Å². The molecule has 0 aromatic carbocycles. The predicted octanol–water partition coefficient (Wildman–Crippen LogP) is 7.90. The number of carboxylic acids is 1. The molecule has 5 nitrogen and oxygen atoms in total. The van der Waals surface area contributed by atoms with Crippen molar-refractivity contribution >= 4 is 11.9 Å². The minimum Gasteiger partial charge on any atom is -0.550 e. The second-order valence-corrected chi connectivity index (χ2v) is 12.3. The largest absolute Gasteiger partial charge is 0.550 e. The summed E-state index contributed by atoms with van der Waals surface area (Å²) < 4.78 is 5.95. The zero-order valence-corrected chi connectivity index (χ0v) is 25.8. The number of nitrogens with zero attached hydrogens (tertiary/aromatic N) is 1. The Labute approximate surface area is 236 Å². The van der Waals surface area contributed by atoms with Gasteiger partial charge in [0.1, 0.15) is 6.54 Å². The second kappa shape index (κ2) is 25.9. The van der Waals surface area contributed by atoms with E-state index in [0.717, 1.165) is 19.3 Å². The average Bonchev–Trinajstić information content (AvgIpc) is 2.83. The molecule has 1 unspecified atom stereocenters. The number of rotatable bonds is 28. The van der Waals surface area contributed by atoms with Gasteiger partial charge in [-0.05, 0) is 32.1 Å². The fourth-order valence-corrected chi connectivity index (χ4v) is 4.94. The Bertz CT molecular complexity index is 582. The number of carbonyl (C=O) groups excluding carboxylic acids is 2. The Morgan fingerprint density at radius 2 is 1.05 bits per heavy atom. The first-order chi connectivity index (χ1) is 18.2. The Morgan fingerprint density at radius 1 is 0.658 bits per heavy atom. The molecule has 0 aliphatic heterocycles. The first-order valence-corrected chi connectivity index (χ1v) is 16.1. The number of hydrogen-bond acceptors (Lipinski definition) is 4. The summed E-state index contributed by atoms with van der Waals surface area (Å²) in [6.07, 6.45) is 31.6. The summed E-state index contributed by atoms with van der Waals surface area (Å²) in [5, 5.41) is 10.9. The minimum absolute atomic E-state index is 0.238. The number of hydrogen-bond donors (Lipinski definition) is 0. The fourth-order valence-electron chi connectivity index (χ4n) is 4.94. The van der Waals surface area contributed by atoms with Gasteiger partial charge >= 0.3 is 5.97 Å². The molecule has 0 aliphatic rings. The number of aliphatic carboxylic acids is 1. The lowest BCUT2D eigenvalue weighted by atomic mass is 10.0. The van der Waals surface area contributed by atoms with E-state index in [0.29, 0.717) is 17.4 Å². The maximum Gasteiger partial charge on any atom is 0.306 e. The summed E-state index contributed by atoms with van der Waals surface area (Å²) in [5.74, 6) is -1.46. The molecule has 0 heterocycles. The van der Waals surface area contributed by atoms with Crippen molar-refractivity contribution in [2.24, 2.45) is 0 Å². The van der Waals surface area contributed by atoms with E-state index in [2.05, 4.69) is 19.1 Å². The molecule has 5 heteroatoms. The number of carboxylic acid groups (broad SMARTS) is 1. The molecule has 0 rings (SSSR count). The van der Waals surface area contributed by atoms with Crippen LogP contribution >= 0.6 is 0 Å². The number of esters is 1. The standard InChI is InChI=1S/C33H63NO4/c1-5-6-7-8-9-10-11-12-13-14-15-16-17-18-19-20-21-22-23-24-25-26-27-28-33(37)38-31(29-32(35)36)30-34(2,3)4/h12-13,31H,5-11,14-30H2,1-4H3/b13-12-. The molecule has 0 bridgehead atoms. The lowest BCUT2D eigenvalue weighted by Gasteiger charge is -2.29. The molecule has 0 fully saturated rings. The topological polar surface area (TPSA) is 66.4 Å². The molecule has 0 radical (unpaired) electrons. The van der Waals surface area contributed by atoms with Gasteiger partial charge in [-0.15, -0.1) is 0 Å². The molecular formula is C33H63NO4. The molecule has 0 N–H and O–H groups in total. The van der Waals surface area contributed by atoms with Crippen LogP contribution < -0.4 is 5.11 Å². The first kappa shape index (κ1) is 36.6. The van der Waals surface area contributed by atoms with Crippen molar-refractivity contribution in [1.82, 2.24) is 0 Å². The van der Waals surface area contributed by atoms with Crippen molar-refractivity contribution in [3.63, 3.8) is 0 Å². The summed E-state index contributed by atoms with van der Waals surface area (Å²) in [6, 6.07) is 0. The quantitative estimate of drug-likeness (QED) is 0.0440. The SMILES string of the molecule is CCCCCCCC/C=C\CCCCCCCCCCCCCCCC(=O)OC(CC(=O)[O-])C[N+](C)(C)C. The molecule has 0 saturated heterocycles. The second-order valence-electron chi connectivity index (χ2n) is 12.3. The highest BCUT2D eigenvalue weighted by atomic mass is 16.5.